The standard InChI is InChI=1S/C21H20F5NO4S/c1-31-15-9-12(8-13(22)10-15)20(28)27-14-2-4-16(5-3-14)32(29,30)17-6-7-19(23)18(11-17)21(24,25)26/h6-11,14,16H,2-5H2,1H3,(H,27,28). The molecule has 0 bridgehead atoms. The molecule has 3 rings (SSSR count). The molecule has 1 fully saturated rings. The lowest BCUT2D eigenvalue weighted by Gasteiger charge is -2.29. The van der Waals surface area contributed by atoms with Crippen molar-refractivity contribution in [3.63, 3.8) is 0 Å². The fourth-order valence-electron chi connectivity index (χ4n) is 3.69. The highest BCUT2D eigenvalue weighted by Crippen LogP contribution is 2.35. The molecule has 1 aliphatic rings. The van der Waals surface area contributed by atoms with Crippen molar-refractivity contribution in [3.8, 4) is 5.75 Å². The second-order valence-electron chi connectivity index (χ2n) is 7.51. The van der Waals surface area contributed by atoms with Crippen molar-refractivity contribution in [2.24, 2.45) is 0 Å². The van der Waals surface area contributed by atoms with Crippen LogP contribution in [0.5, 0.6) is 5.75 Å². The number of benzene rings is 2. The molecule has 0 unspecified atom stereocenters. The third-order valence-corrected chi connectivity index (χ3v) is 7.65. The first-order chi connectivity index (χ1) is 14.9. The Bertz CT molecular complexity index is 1110. The third-order valence-electron chi connectivity index (χ3n) is 5.39. The van der Waals surface area contributed by atoms with Crippen molar-refractivity contribution in [3.05, 3.63) is 59.2 Å². The van der Waals surface area contributed by atoms with Gasteiger partial charge in [-0.3, -0.25) is 4.79 Å². The summed E-state index contributed by atoms with van der Waals surface area (Å²) in [5.41, 5.74) is -1.59. The van der Waals surface area contributed by atoms with Crippen LogP contribution in [0.25, 0.3) is 0 Å². The highest BCUT2D eigenvalue weighted by Gasteiger charge is 2.38. The number of alkyl halides is 3. The first kappa shape index (κ1) is 24.0. The Morgan fingerprint density at radius 2 is 1.69 bits per heavy atom. The highest BCUT2D eigenvalue weighted by molar-refractivity contribution is 7.92. The van der Waals surface area contributed by atoms with Gasteiger partial charge in [0.2, 0.25) is 0 Å². The van der Waals surface area contributed by atoms with Gasteiger partial charge in [-0.05, 0) is 56.0 Å². The van der Waals surface area contributed by atoms with Gasteiger partial charge < -0.3 is 10.1 Å². The van der Waals surface area contributed by atoms with Gasteiger partial charge in [0.25, 0.3) is 5.91 Å². The zero-order chi connectivity index (χ0) is 23.7. The monoisotopic (exact) mass is 477 g/mol. The van der Waals surface area contributed by atoms with Crippen LogP contribution in [0.2, 0.25) is 0 Å². The van der Waals surface area contributed by atoms with Crippen molar-refractivity contribution in [2.45, 2.75) is 48.0 Å². The van der Waals surface area contributed by atoms with Gasteiger partial charge in [0.1, 0.15) is 17.4 Å². The van der Waals surface area contributed by atoms with Crippen molar-refractivity contribution >= 4 is 15.7 Å². The van der Waals surface area contributed by atoms with E-state index < -0.39 is 49.3 Å². The summed E-state index contributed by atoms with van der Waals surface area (Å²) >= 11 is 0. The zero-order valence-electron chi connectivity index (χ0n) is 16.9. The Hall–Kier alpha value is -2.69. The number of sulfone groups is 1. The Kier molecular flexibility index (Phi) is 6.77. The number of methoxy groups -OCH3 is 1. The molecule has 0 aromatic heterocycles. The summed E-state index contributed by atoms with van der Waals surface area (Å²) < 4.78 is 96.4. The Balaban J connectivity index is 1.68. The van der Waals surface area contributed by atoms with E-state index in [1.807, 2.05) is 0 Å². The first-order valence-electron chi connectivity index (χ1n) is 9.68. The van der Waals surface area contributed by atoms with Crippen molar-refractivity contribution in [1.29, 1.82) is 0 Å². The van der Waals surface area contributed by atoms with Crippen LogP contribution >= 0.6 is 0 Å². The van der Waals surface area contributed by atoms with Crippen LogP contribution in [0.3, 0.4) is 0 Å². The highest BCUT2D eigenvalue weighted by atomic mass is 32.2. The van der Waals surface area contributed by atoms with E-state index >= 15 is 0 Å². The summed E-state index contributed by atoms with van der Waals surface area (Å²) in [6.07, 6.45) is -4.31. The van der Waals surface area contributed by atoms with Crippen LogP contribution in [0.15, 0.2) is 41.3 Å². The second-order valence-corrected chi connectivity index (χ2v) is 9.74. The number of rotatable bonds is 5. The van der Waals surface area contributed by atoms with E-state index in [2.05, 4.69) is 5.32 Å². The maximum atomic E-state index is 13.6. The minimum atomic E-state index is -5.02. The minimum Gasteiger partial charge on any atom is -0.497 e. The lowest BCUT2D eigenvalue weighted by Crippen LogP contribution is -2.40. The van der Waals surface area contributed by atoms with Gasteiger partial charge in [-0.25, -0.2) is 17.2 Å². The maximum Gasteiger partial charge on any atom is 0.419 e. The van der Waals surface area contributed by atoms with Crippen LogP contribution in [0.4, 0.5) is 22.0 Å². The van der Waals surface area contributed by atoms with E-state index in [0.29, 0.717) is 12.1 Å². The second kappa shape index (κ2) is 9.05. The van der Waals surface area contributed by atoms with E-state index in [1.165, 1.54) is 13.2 Å². The van der Waals surface area contributed by atoms with Gasteiger partial charge in [-0.1, -0.05) is 0 Å². The number of hydrogen-bond acceptors (Lipinski definition) is 4. The molecule has 1 N–H and O–H groups in total. The number of amides is 1. The molecule has 0 heterocycles. The normalized spacial score (nSPS) is 19.4. The van der Waals surface area contributed by atoms with Gasteiger partial charge in [0.05, 0.1) is 22.8 Å². The number of halogens is 5. The number of ether oxygens (including phenoxy) is 1. The van der Waals surface area contributed by atoms with Crippen LogP contribution in [-0.2, 0) is 16.0 Å². The van der Waals surface area contributed by atoms with Gasteiger partial charge in [-0.15, -0.1) is 0 Å². The van der Waals surface area contributed by atoms with Gasteiger partial charge in [0.15, 0.2) is 9.84 Å². The number of nitrogens with one attached hydrogen (secondary N) is 1. The summed E-state index contributed by atoms with van der Waals surface area (Å²) in [6, 6.07) is 4.77. The van der Waals surface area contributed by atoms with Crippen molar-refractivity contribution < 1.29 is 39.9 Å². The largest absolute Gasteiger partial charge is 0.497 e. The molecular weight excluding hydrogens is 457 g/mol. The minimum absolute atomic E-state index is 0.0441. The summed E-state index contributed by atoms with van der Waals surface area (Å²) in [6.45, 7) is 0. The molecule has 32 heavy (non-hydrogen) atoms. The fourth-order valence-corrected chi connectivity index (χ4v) is 5.51. The van der Waals surface area contributed by atoms with Gasteiger partial charge >= 0.3 is 6.18 Å². The Labute approximate surface area is 181 Å². The van der Waals surface area contributed by atoms with Crippen molar-refractivity contribution in [1.82, 2.24) is 5.32 Å². The molecule has 2 aromatic carbocycles. The van der Waals surface area contributed by atoms with E-state index in [4.69, 9.17) is 4.74 Å². The van der Waals surface area contributed by atoms with Crippen molar-refractivity contribution in [2.75, 3.05) is 7.11 Å². The zero-order valence-corrected chi connectivity index (χ0v) is 17.7. The van der Waals surface area contributed by atoms with Gasteiger partial charge in [-0.2, -0.15) is 13.2 Å². The SMILES string of the molecule is COc1cc(F)cc(C(=O)NC2CCC(S(=O)(=O)c3ccc(F)c(C(F)(F)F)c3)CC2)c1. The fraction of sp³-hybridized carbons (Fsp3) is 0.381. The van der Waals surface area contributed by atoms with E-state index in [1.54, 1.807) is 0 Å². The Morgan fingerprint density at radius 1 is 1.03 bits per heavy atom. The number of hydrogen-bond donors (Lipinski definition) is 1. The first-order valence-corrected chi connectivity index (χ1v) is 11.2. The number of carbonyl (C=O) groups is 1. The topological polar surface area (TPSA) is 72.5 Å². The summed E-state index contributed by atoms with van der Waals surface area (Å²) in [5.74, 6) is -2.58. The molecular formula is C21H20F5NO4S. The molecule has 2 aromatic rings. The molecule has 11 heteroatoms. The predicted octanol–water partition coefficient (Wildman–Crippen LogP) is 4.51. The molecule has 1 amide bonds. The lowest BCUT2D eigenvalue weighted by atomic mass is 9.94. The van der Waals surface area contributed by atoms with E-state index in [0.717, 1.165) is 18.2 Å². The van der Waals surface area contributed by atoms with Crippen LogP contribution in [-0.4, -0.2) is 32.7 Å². The smallest absolute Gasteiger partial charge is 0.419 e. The average Bonchev–Trinajstić information content (AvgIpc) is 2.73. The van der Waals surface area contributed by atoms with E-state index in [-0.39, 0.29) is 43.0 Å². The summed E-state index contributed by atoms with van der Waals surface area (Å²) in [7, 11) is -2.80. The maximum absolute atomic E-state index is 13.6. The molecule has 1 aliphatic carbocycles. The molecule has 1 saturated carbocycles. The van der Waals surface area contributed by atoms with Gasteiger partial charge in [0, 0.05) is 17.7 Å². The molecule has 5 nitrogen and oxygen atoms in total. The molecule has 174 valence electrons. The quantitative estimate of drug-likeness (QED) is 0.508. The number of carbonyl (C=O) groups excluding carboxylic acids is 1. The van der Waals surface area contributed by atoms with E-state index in [9.17, 15) is 35.2 Å². The lowest BCUT2D eigenvalue weighted by molar-refractivity contribution is -0.140. The summed E-state index contributed by atoms with van der Waals surface area (Å²) in [4.78, 5) is 11.8. The molecule has 0 aliphatic heterocycles. The Morgan fingerprint density at radius 3 is 2.28 bits per heavy atom. The molecule has 0 saturated heterocycles. The molecule has 0 spiro atoms. The van der Waals surface area contributed by atoms with Crippen LogP contribution < -0.4 is 10.1 Å². The van der Waals surface area contributed by atoms with Crippen LogP contribution in [0, 0.1) is 11.6 Å². The molecule has 0 atom stereocenters. The predicted molar refractivity (Wildman–Crippen MR) is 105 cm³/mol. The molecule has 0 radical (unpaired) electrons. The third kappa shape index (κ3) is 5.20. The summed E-state index contributed by atoms with van der Waals surface area (Å²) in [5, 5.41) is 1.75. The van der Waals surface area contributed by atoms with Crippen LogP contribution in [0.1, 0.15) is 41.6 Å². The average molecular weight is 477 g/mol.